The fourth-order valence-corrected chi connectivity index (χ4v) is 3.47. The van der Waals surface area contributed by atoms with Crippen molar-refractivity contribution in [1.82, 2.24) is 10.2 Å². The molecule has 1 saturated carbocycles. The number of halogens is 1. The van der Waals surface area contributed by atoms with Crippen molar-refractivity contribution in [3.63, 3.8) is 0 Å². The number of nitrogens with zero attached hydrogens (tertiary/aromatic N) is 1. The molecule has 18 heavy (non-hydrogen) atoms. The minimum atomic E-state index is -0.432. The molecule has 1 aliphatic rings. The Morgan fingerprint density at radius 2 is 1.94 bits per heavy atom. The molecular formula is C13H25BrN2O2. The highest BCUT2D eigenvalue weighted by atomic mass is 79.9. The zero-order chi connectivity index (χ0) is 13.9. The van der Waals surface area contributed by atoms with Crippen molar-refractivity contribution >= 4 is 22.0 Å². The number of alkyl halides is 1. The Morgan fingerprint density at radius 3 is 2.39 bits per heavy atom. The number of hydrogen-bond acceptors (Lipinski definition) is 3. The summed E-state index contributed by atoms with van der Waals surface area (Å²) in [5.41, 5.74) is -0.432. The summed E-state index contributed by atoms with van der Waals surface area (Å²) in [4.78, 5) is 14.3. The van der Waals surface area contributed by atoms with Gasteiger partial charge < -0.3 is 15.0 Å². The van der Waals surface area contributed by atoms with Crippen LogP contribution >= 0.6 is 15.9 Å². The van der Waals surface area contributed by atoms with Gasteiger partial charge in [-0.25, -0.2) is 4.79 Å². The molecule has 3 unspecified atom stereocenters. The van der Waals surface area contributed by atoms with Gasteiger partial charge in [0.15, 0.2) is 0 Å². The van der Waals surface area contributed by atoms with Crippen LogP contribution in [0, 0.1) is 0 Å². The molecule has 0 aromatic heterocycles. The van der Waals surface area contributed by atoms with Crippen LogP contribution in [-0.2, 0) is 4.74 Å². The molecule has 0 bridgehead atoms. The number of nitrogens with one attached hydrogen (secondary N) is 1. The number of carbonyl (C=O) groups excluding carboxylic acids is 1. The minimum absolute atomic E-state index is 0.209. The topological polar surface area (TPSA) is 41.6 Å². The molecule has 106 valence electrons. The van der Waals surface area contributed by atoms with E-state index in [0.717, 1.165) is 19.3 Å². The van der Waals surface area contributed by atoms with Gasteiger partial charge in [-0.1, -0.05) is 15.9 Å². The Labute approximate surface area is 119 Å². The number of rotatable bonds is 2. The minimum Gasteiger partial charge on any atom is -0.444 e. The molecule has 0 aliphatic heterocycles. The summed E-state index contributed by atoms with van der Waals surface area (Å²) < 4.78 is 5.27. The van der Waals surface area contributed by atoms with Gasteiger partial charge in [0.05, 0.1) is 0 Å². The zero-order valence-electron chi connectivity index (χ0n) is 12.0. The van der Waals surface area contributed by atoms with Crippen LogP contribution in [-0.4, -0.2) is 47.6 Å². The van der Waals surface area contributed by atoms with E-state index in [2.05, 4.69) is 40.2 Å². The molecular weight excluding hydrogens is 296 g/mol. The molecule has 1 amide bonds. The molecule has 0 heterocycles. The Balaban J connectivity index is 2.40. The molecule has 3 atom stereocenters. The van der Waals surface area contributed by atoms with E-state index < -0.39 is 5.60 Å². The van der Waals surface area contributed by atoms with Gasteiger partial charge in [-0.15, -0.1) is 0 Å². The molecule has 1 aliphatic carbocycles. The fraction of sp³-hybridized carbons (Fsp3) is 0.923. The van der Waals surface area contributed by atoms with Crippen molar-refractivity contribution in [2.45, 2.75) is 62.5 Å². The van der Waals surface area contributed by atoms with Crippen LogP contribution < -0.4 is 5.32 Å². The van der Waals surface area contributed by atoms with Crippen molar-refractivity contribution in [2.75, 3.05) is 14.1 Å². The second-order valence-electron chi connectivity index (χ2n) is 6.20. The lowest BCUT2D eigenvalue weighted by Crippen LogP contribution is -2.48. The fourth-order valence-electron chi connectivity index (χ4n) is 2.29. The van der Waals surface area contributed by atoms with Crippen molar-refractivity contribution in [2.24, 2.45) is 0 Å². The van der Waals surface area contributed by atoms with Crippen LogP contribution in [0.1, 0.15) is 40.0 Å². The van der Waals surface area contributed by atoms with Crippen LogP contribution in [0.25, 0.3) is 0 Å². The van der Waals surface area contributed by atoms with Gasteiger partial charge in [0.1, 0.15) is 5.60 Å². The Bertz CT molecular complexity index is 289. The highest BCUT2D eigenvalue weighted by Gasteiger charge is 2.31. The standard InChI is InChI=1S/C13H25BrN2O2/c1-13(2,3)18-12(17)15-9-6-7-11(16(4)5)10(14)8-9/h9-11H,6-8H2,1-5H3,(H,15,17). The summed E-state index contributed by atoms with van der Waals surface area (Å²) in [7, 11) is 4.20. The number of amides is 1. The van der Waals surface area contributed by atoms with Crippen LogP contribution in [0.5, 0.6) is 0 Å². The Kier molecular flexibility index (Phi) is 5.46. The third-order valence-corrected chi connectivity index (χ3v) is 4.11. The van der Waals surface area contributed by atoms with Gasteiger partial charge >= 0.3 is 6.09 Å². The lowest BCUT2D eigenvalue weighted by molar-refractivity contribution is 0.0486. The summed E-state index contributed by atoms with van der Waals surface area (Å²) in [6.45, 7) is 5.63. The molecule has 0 radical (unpaired) electrons. The summed E-state index contributed by atoms with van der Waals surface area (Å²) in [5, 5.41) is 2.96. The van der Waals surface area contributed by atoms with Gasteiger partial charge in [-0.3, -0.25) is 0 Å². The molecule has 1 N–H and O–H groups in total. The van der Waals surface area contributed by atoms with Crippen molar-refractivity contribution in [3.8, 4) is 0 Å². The monoisotopic (exact) mass is 320 g/mol. The number of ether oxygens (including phenoxy) is 1. The second-order valence-corrected chi connectivity index (χ2v) is 7.38. The van der Waals surface area contributed by atoms with Crippen LogP contribution in [0.15, 0.2) is 0 Å². The summed E-state index contributed by atoms with van der Waals surface area (Å²) in [6, 6.07) is 0.752. The average molecular weight is 321 g/mol. The largest absolute Gasteiger partial charge is 0.444 e. The van der Waals surface area contributed by atoms with Crippen LogP contribution in [0.4, 0.5) is 4.79 Å². The lowest BCUT2D eigenvalue weighted by atomic mass is 9.90. The lowest BCUT2D eigenvalue weighted by Gasteiger charge is -2.37. The Hall–Kier alpha value is -0.290. The van der Waals surface area contributed by atoms with Gasteiger partial charge in [-0.05, 0) is 54.1 Å². The first-order valence-electron chi connectivity index (χ1n) is 6.49. The summed E-state index contributed by atoms with van der Waals surface area (Å²) in [6.07, 6.45) is 2.73. The van der Waals surface area contributed by atoms with Crippen LogP contribution in [0.3, 0.4) is 0 Å². The van der Waals surface area contributed by atoms with Gasteiger partial charge in [0.25, 0.3) is 0 Å². The number of alkyl carbamates (subject to hydrolysis) is 1. The normalized spacial score (nSPS) is 29.2. The van der Waals surface area contributed by atoms with Crippen molar-refractivity contribution < 1.29 is 9.53 Å². The average Bonchev–Trinajstić information content (AvgIpc) is 2.13. The molecule has 0 spiro atoms. The maximum atomic E-state index is 11.7. The quantitative estimate of drug-likeness (QED) is 0.795. The molecule has 1 fully saturated rings. The first-order chi connectivity index (χ1) is 8.19. The van der Waals surface area contributed by atoms with E-state index >= 15 is 0 Å². The molecule has 4 nitrogen and oxygen atoms in total. The zero-order valence-corrected chi connectivity index (χ0v) is 13.6. The van der Waals surface area contributed by atoms with E-state index in [9.17, 15) is 4.79 Å². The predicted molar refractivity (Wildman–Crippen MR) is 77.2 cm³/mol. The molecule has 1 rings (SSSR count). The van der Waals surface area contributed by atoms with E-state index in [0.29, 0.717) is 10.9 Å². The summed E-state index contributed by atoms with van der Waals surface area (Å²) in [5.74, 6) is 0. The molecule has 0 saturated heterocycles. The van der Waals surface area contributed by atoms with E-state index in [-0.39, 0.29) is 12.1 Å². The molecule has 0 aromatic rings. The second kappa shape index (κ2) is 6.24. The highest BCUT2D eigenvalue weighted by Crippen LogP contribution is 2.27. The predicted octanol–water partition coefficient (Wildman–Crippen LogP) is 2.76. The smallest absolute Gasteiger partial charge is 0.407 e. The SMILES string of the molecule is CN(C)C1CCC(NC(=O)OC(C)(C)C)CC1Br. The van der Waals surface area contributed by atoms with Gasteiger partial charge in [-0.2, -0.15) is 0 Å². The maximum Gasteiger partial charge on any atom is 0.407 e. The maximum absolute atomic E-state index is 11.7. The summed E-state index contributed by atoms with van der Waals surface area (Å²) >= 11 is 3.71. The van der Waals surface area contributed by atoms with Crippen molar-refractivity contribution in [1.29, 1.82) is 0 Å². The number of carbonyl (C=O) groups is 1. The van der Waals surface area contributed by atoms with E-state index in [4.69, 9.17) is 4.74 Å². The Morgan fingerprint density at radius 1 is 1.33 bits per heavy atom. The van der Waals surface area contributed by atoms with E-state index in [1.54, 1.807) is 0 Å². The van der Waals surface area contributed by atoms with Crippen LogP contribution in [0.2, 0.25) is 0 Å². The van der Waals surface area contributed by atoms with E-state index in [1.807, 2.05) is 20.8 Å². The number of hydrogen-bond donors (Lipinski definition) is 1. The first-order valence-corrected chi connectivity index (χ1v) is 7.40. The van der Waals surface area contributed by atoms with Gasteiger partial charge in [0.2, 0.25) is 0 Å². The third-order valence-electron chi connectivity index (χ3n) is 3.12. The third kappa shape index (κ3) is 5.14. The van der Waals surface area contributed by atoms with Crippen molar-refractivity contribution in [3.05, 3.63) is 0 Å². The molecule has 0 aromatic carbocycles. The molecule has 5 heteroatoms. The first kappa shape index (κ1) is 15.8. The highest BCUT2D eigenvalue weighted by molar-refractivity contribution is 9.09. The van der Waals surface area contributed by atoms with Gasteiger partial charge in [0, 0.05) is 16.9 Å². The van der Waals surface area contributed by atoms with E-state index in [1.165, 1.54) is 0 Å².